The Bertz CT molecular complexity index is 512. The molecule has 1 saturated carbocycles. The topological polar surface area (TPSA) is 100 Å². The van der Waals surface area contributed by atoms with Gasteiger partial charge in [0.25, 0.3) is 5.91 Å². The van der Waals surface area contributed by atoms with Gasteiger partial charge in [0, 0.05) is 19.6 Å². The van der Waals surface area contributed by atoms with Crippen LogP contribution in [0.2, 0.25) is 0 Å². The summed E-state index contributed by atoms with van der Waals surface area (Å²) >= 11 is 1.13. The van der Waals surface area contributed by atoms with E-state index in [1.807, 2.05) is 6.92 Å². The van der Waals surface area contributed by atoms with E-state index in [1.165, 1.54) is 0 Å². The third kappa shape index (κ3) is 3.38. The molecule has 1 fully saturated rings. The van der Waals surface area contributed by atoms with Crippen molar-refractivity contribution in [2.45, 2.75) is 25.8 Å². The summed E-state index contributed by atoms with van der Waals surface area (Å²) in [7, 11) is 1.75. The number of amides is 2. The molecular formula is C12H19N5O2S. The molecule has 0 saturated heterocycles. The molecule has 20 heavy (non-hydrogen) atoms. The van der Waals surface area contributed by atoms with Crippen molar-refractivity contribution in [3.8, 4) is 0 Å². The average molecular weight is 297 g/mol. The molecule has 1 aliphatic carbocycles. The van der Waals surface area contributed by atoms with E-state index in [0.29, 0.717) is 17.1 Å². The molecule has 1 aromatic heterocycles. The minimum Gasteiger partial charge on any atom is -0.382 e. The van der Waals surface area contributed by atoms with E-state index in [1.54, 1.807) is 11.9 Å². The molecule has 2 rings (SSSR count). The van der Waals surface area contributed by atoms with Crippen molar-refractivity contribution in [2.24, 2.45) is 0 Å². The number of rotatable bonds is 6. The monoisotopic (exact) mass is 297 g/mol. The lowest BCUT2D eigenvalue weighted by Crippen LogP contribution is -2.36. The largest absolute Gasteiger partial charge is 0.382 e. The number of nitrogens with one attached hydrogen (secondary N) is 2. The number of nitrogens with zero attached hydrogens (tertiary/aromatic N) is 2. The Morgan fingerprint density at radius 1 is 1.50 bits per heavy atom. The van der Waals surface area contributed by atoms with Crippen LogP contribution >= 0.6 is 11.5 Å². The predicted octanol–water partition coefficient (Wildman–Crippen LogP) is 0.190. The Morgan fingerprint density at radius 3 is 2.80 bits per heavy atom. The van der Waals surface area contributed by atoms with Gasteiger partial charge in [-0.05, 0) is 31.3 Å². The standard InChI is InChI=1S/C12H19N5O2S/c1-3-14-8(18)6-17(2)12-9(10(13)16-20-12)11(19)15-7-4-5-7/h7H,3-6H2,1-2H3,(H2,13,16)(H,14,18)(H,15,19). The first kappa shape index (κ1) is 14.6. The summed E-state index contributed by atoms with van der Waals surface area (Å²) in [4.78, 5) is 25.5. The van der Waals surface area contributed by atoms with Crippen LogP contribution in [0, 0.1) is 0 Å². The Morgan fingerprint density at radius 2 is 2.20 bits per heavy atom. The minimum atomic E-state index is -0.212. The summed E-state index contributed by atoms with van der Waals surface area (Å²) in [6.07, 6.45) is 2.01. The Hall–Kier alpha value is -1.83. The molecule has 1 aliphatic rings. The van der Waals surface area contributed by atoms with Gasteiger partial charge in [-0.3, -0.25) is 9.59 Å². The number of aromatic nitrogens is 1. The fraction of sp³-hybridized carbons (Fsp3) is 0.583. The molecular weight excluding hydrogens is 278 g/mol. The van der Waals surface area contributed by atoms with Crippen LogP contribution in [0.15, 0.2) is 0 Å². The van der Waals surface area contributed by atoms with Crippen LogP contribution in [-0.2, 0) is 4.79 Å². The quantitative estimate of drug-likeness (QED) is 0.696. The highest BCUT2D eigenvalue weighted by atomic mass is 32.1. The second-order valence-corrected chi connectivity index (χ2v) is 5.56. The highest BCUT2D eigenvalue weighted by Crippen LogP contribution is 2.30. The fourth-order valence-corrected chi connectivity index (χ4v) is 2.56. The van der Waals surface area contributed by atoms with Crippen molar-refractivity contribution in [1.82, 2.24) is 15.0 Å². The highest BCUT2D eigenvalue weighted by Gasteiger charge is 2.28. The summed E-state index contributed by atoms with van der Waals surface area (Å²) in [5.41, 5.74) is 6.15. The summed E-state index contributed by atoms with van der Waals surface area (Å²) in [5.74, 6) is -0.0991. The molecule has 0 aromatic carbocycles. The number of carbonyl (C=O) groups excluding carboxylic acids is 2. The maximum atomic E-state index is 12.2. The summed E-state index contributed by atoms with van der Waals surface area (Å²) in [6, 6.07) is 0.253. The van der Waals surface area contributed by atoms with Crippen LogP contribution in [0.3, 0.4) is 0 Å². The first-order valence-corrected chi connectivity index (χ1v) is 7.34. The van der Waals surface area contributed by atoms with E-state index in [0.717, 1.165) is 24.4 Å². The number of hydrogen-bond donors (Lipinski definition) is 3. The zero-order valence-electron chi connectivity index (χ0n) is 11.6. The molecule has 0 unspecified atom stereocenters. The van der Waals surface area contributed by atoms with Gasteiger partial charge in [0.05, 0.1) is 6.54 Å². The smallest absolute Gasteiger partial charge is 0.258 e. The molecule has 0 atom stereocenters. The molecule has 0 aliphatic heterocycles. The molecule has 2 amide bonds. The van der Waals surface area contributed by atoms with E-state index in [9.17, 15) is 9.59 Å². The highest BCUT2D eigenvalue weighted by molar-refractivity contribution is 7.11. The van der Waals surface area contributed by atoms with E-state index < -0.39 is 0 Å². The normalized spacial score (nSPS) is 13.9. The van der Waals surface area contributed by atoms with Crippen molar-refractivity contribution in [3.05, 3.63) is 5.56 Å². The van der Waals surface area contributed by atoms with Gasteiger partial charge in [0.1, 0.15) is 10.6 Å². The Balaban J connectivity index is 2.10. The van der Waals surface area contributed by atoms with Crippen molar-refractivity contribution >= 4 is 34.2 Å². The van der Waals surface area contributed by atoms with Gasteiger partial charge < -0.3 is 21.3 Å². The Labute approximate surface area is 121 Å². The molecule has 0 spiro atoms. The third-order valence-corrected chi connectivity index (χ3v) is 3.92. The van der Waals surface area contributed by atoms with Crippen LogP contribution in [0.4, 0.5) is 10.8 Å². The van der Waals surface area contributed by atoms with Gasteiger partial charge in [-0.2, -0.15) is 4.37 Å². The van der Waals surface area contributed by atoms with Gasteiger partial charge >= 0.3 is 0 Å². The Kier molecular flexibility index (Phi) is 4.43. The first-order chi connectivity index (χ1) is 9.52. The zero-order chi connectivity index (χ0) is 14.7. The summed E-state index contributed by atoms with van der Waals surface area (Å²) in [5, 5.41) is 6.22. The molecule has 8 heteroatoms. The first-order valence-electron chi connectivity index (χ1n) is 6.56. The lowest BCUT2D eigenvalue weighted by molar-refractivity contribution is -0.119. The van der Waals surface area contributed by atoms with Crippen LogP contribution in [0.25, 0.3) is 0 Å². The predicted molar refractivity (Wildman–Crippen MR) is 79.0 cm³/mol. The molecule has 0 radical (unpaired) electrons. The summed E-state index contributed by atoms with van der Waals surface area (Å²) < 4.78 is 4.02. The number of anilines is 2. The third-order valence-electron chi connectivity index (χ3n) is 2.94. The van der Waals surface area contributed by atoms with E-state index >= 15 is 0 Å². The number of hydrogen-bond acceptors (Lipinski definition) is 6. The second kappa shape index (κ2) is 6.08. The SMILES string of the molecule is CCNC(=O)CN(C)c1snc(N)c1C(=O)NC1CC1. The van der Waals surface area contributed by atoms with E-state index in [-0.39, 0.29) is 30.2 Å². The maximum Gasteiger partial charge on any atom is 0.258 e. The van der Waals surface area contributed by atoms with Crippen molar-refractivity contribution < 1.29 is 9.59 Å². The van der Waals surface area contributed by atoms with Crippen LogP contribution in [0.5, 0.6) is 0 Å². The van der Waals surface area contributed by atoms with Crippen LogP contribution in [-0.4, -0.2) is 42.4 Å². The van der Waals surface area contributed by atoms with Gasteiger partial charge in [-0.1, -0.05) is 0 Å². The van der Waals surface area contributed by atoms with E-state index in [4.69, 9.17) is 5.73 Å². The number of nitrogen functional groups attached to an aromatic ring is 1. The molecule has 1 heterocycles. The van der Waals surface area contributed by atoms with E-state index in [2.05, 4.69) is 15.0 Å². The average Bonchev–Trinajstić information content (AvgIpc) is 3.09. The maximum absolute atomic E-state index is 12.2. The van der Waals surface area contributed by atoms with Gasteiger partial charge in [-0.25, -0.2) is 0 Å². The molecule has 1 aromatic rings. The van der Waals surface area contributed by atoms with Crippen molar-refractivity contribution in [1.29, 1.82) is 0 Å². The second-order valence-electron chi connectivity index (χ2n) is 4.81. The number of likely N-dealkylation sites (N-methyl/N-ethyl adjacent to an activating group) is 2. The van der Waals surface area contributed by atoms with Crippen molar-refractivity contribution in [3.63, 3.8) is 0 Å². The number of nitrogens with two attached hydrogens (primary N) is 1. The lowest BCUT2D eigenvalue weighted by Gasteiger charge is -2.17. The molecule has 0 bridgehead atoms. The van der Waals surface area contributed by atoms with Crippen LogP contribution in [0.1, 0.15) is 30.1 Å². The van der Waals surface area contributed by atoms with Gasteiger partial charge in [-0.15, -0.1) is 0 Å². The molecule has 110 valence electrons. The molecule has 7 nitrogen and oxygen atoms in total. The van der Waals surface area contributed by atoms with Crippen LogP contribution < -0.4 is 21.3 Å². The fourth-order valence-electron chi connectivity index (χ4n) is 1.79. The zero-order valence-corrected chi connectivity index (χ0v) is 12.4. The number of carbonyl (C=O) groups is 2. The summed E-state index contributed by atoms with van der Waals surface area (Å²) in [6.45, 7) is 2.60. The molecule has 4 N–H and O–H groups in total. The lowest BCUT2D eigenvalue weighted by atomic mass is 10.2. The van der Waals surface area contributed by atoms with Gasteiger partial charge in [0.2, 0.25) is 5.91 Å². The minimum absolute atomic E-state index is 0.101. The van der Waals surface area contributed by atoms with Crippen molar-refractivity contribution in [2.75, 3.05) is 30.8 Å². The van der Waals surface area contributed by atoms with Gasteiger partial charge in [0.15, 0.2) is 5.82 Å².